The highest BCUT2D eigenvalue weighted by molar-refractivity contribution is 6.30. The minimum atomic E-state index is -0.468. The molecule has 1 amide bonds. The van der Waals surface area contributed by atoms with Crippen molar-refractivity contribution in [2.24, 2.45) is 0 Å². The van der Waals surface area contributed by atoms with E-state index in [-0.39, 0.29) is 5.91 Å². The third-order valence-corrected chi connectivity index (χ3v) is 4.36. The number of carbonyl (C=O) groups excluding carboxylic acids is 1. The summed E-state index contributed by atoms with van der Waals surface area (Å²) in [6.45, 7) is 6.02. The molecule has 0 bridgehead atoms. The maximum atomic E-state index is 13.1. The van der Waals surface area contributed by atoms with Crippen molar-refractivity contribution < 1.29 is 9.53 Å². The van der Waals surface area contributed by atoms with E-state index in [0.717, 1.165) is 17.0 Å². The number of fused-ring (bicyclic) bond motifs is 1. The summed E-state index contributed by atoms with van der Waals surface area (Å²) in [7, 11) is 1.58. The summed E-state index contributed by atoms with van der Waals surface area (Å²) in [6, 6.07) is 10.6. The number of hydrogen-bond acceptors (Lipinski definition) is 3. The number of rotatable bonds is 2. The predicted octanol–water partition coefficient (Wildman–Crippen LogP) is 4.59. The summed E-state index contributed by atoms with van der Waals surface area (Å²) < 4.78 is 5.22. The van der Waals surface area contributed by atoms with Crippen molar-refractivity contribution in [3.05, 3.63) is 58.8 Å². The number of anilines is 1. The molecule has 2 aromatic rings. The average molecular weight is 343 g/mol. The van der Waals surface area contributed by atoms with Gasteiger partial charge in [-0.05, 0) is 56.7 Å². The topological polar surface area (TPSA) is 42.4 Å². The first-order valence-corrected chi connectivity index (χ1v) is 8.06. The zero-order valence-corrected chi connectivity index (χ0v) is 14.9. The van der Waals surface area contributed by atoms with Gasteiger partial charge >= 0.3 is 0 Å². The molecule has 1 aromatic heterocycles. The highest BCUT2D eigenvalue weighted by atomic mass is 35.5. The smallest absolute Gasteiger partial charge is 0.259 e. The Balaban J connectivity index is 2.13. The van der Waals surface area contributed by atoms with Crippen LogP contribution in [-0.4, -0.2) is 23.5 Å². The van der Waals surface area contributed by atoms with E-state index in [1.165, 1.54) is 0 Å². The van der Waals surface area contributed by atoms with Crippen LogP contribution in [0.4, 0.5) is 5.69 Å². The van der Waals surface area contributed by atoms with Crippen LogP contribution >= 0.6 is 11.6 Å². The van der Waals surface area contributed by atoms with Crippen LogP contribution in [0.25, 0.3) is 5.57 Å². The zero-order chi connectivity index (χ0) is 17.5. The van der Waals surface area contributed by atoms with Crippen molar-refractivity contribution in [1.82, 2.24) is 4.98 Å². The summed E-state index contributed by atoms with van der Waals surface area (Å²) in [5.41, 5.74) is 2.68. The van der Waals surface area contributed by atoms with Gasteiger partial charge in [0.15, 0.2) is 0 Å². The van der Waals surface area contributed by atoms with Crippen LogP contribution in [0.2, 0.25) is 5.02 Å². The number of methoxy groups -OCH3 is 1. The lowest BCUT2D eigenvalue weighted by Gasteiger charge is -2.41. The fraction of sp³-hybridized carbons (Fsp3) is 0.263. The third-order valence-electron chi connectivity index (χ3n) is 4.11. The highest BCUT2D eigenvalue weighted by Gasteiger charge is 2.37. The molecule has 124 valence electrons. The molecule has 2 heterocycles. The van der Waals surface area contributed by atoms with Gasteiger partial charge in [-0.2, -0.15) is 0 Å². The van der Waals surface area contributed by atoms with Gasteiger partial charge in [-0.1, -0.05) is 17.7 Å². The highest BCUT2D eigenvalue weighted by Crippen LogP contribution is 2.39. The zero-order valence-electron chi connectivity index (χ0n) is 14.1. The first kappa shape index (κ1) is 16.5. The van der Waals surface area contributed by atoms with Gasteiger partial charge in [0.2, 0.25) is 5.88 Å². The Kier molecular flexibility index (Phi) is 4.10. The van der Waals surface area contributed by atoms with Crippen molar-refractivity contribution in [3.8, 4) is 5.88 Å². The average Bonchev–Trinajstić information content (AvgIpc) is 2.54. The van der Waals surface area contributed by atoms with E-state index in [0.29, 0.717) is 16.5 Å². The van der Waals surface area contributed by atoms with Crippen LogP contribution in [0.5, 0.6) is 5.88 Å². The van der Waals surface area contributed by atoms with Crippen LogP contribution in [0.15, 0.2) is 42.5 Å². The molecule has 0 radical (unpaired) electrons. The lowest BCUT2D eigenvalue weighted by Crippen LogP contribution is -2.49. The van der Waals surface area contributed by atoms with Crippen LogP contribution in [-0.2, 0) is 0 Å². The Bertz CT molecular complexity index is 826. The Morgan fingerprint density at radius 2 is 1.83 bits per heavy atom. The normalized spacial score (nSPS) is 15.5. The number of benzene rings is 1. The molecule has 1 aliphatic rings. The van der Waals surface area contributed by atoms with Gasteiger partial charge in [0.1, 0.15) is 0 Å². The van der Waals surface area contributed by atoms with Gasteiger partial charge in [0, 0.05) is 16.7 Å². The summed E-state index contributed by atoms with van der Waals surface area (Å²) >= 11 is 5.93. The number of carbonyl (C=O) groups is 1. The molecular weight excluding hydrogens is 324 g/mol. The second-order valence-electron chi connectivity index (χ2n) is 6.35. The van der Waals surface area contributed by atoms with Gasteiger partial charge in [-0.3, -0.25) is 9.69 Å². The lowest BCUT2D eigenvalue weighted by molar-refractivity contribution is 0.0970. The molecule has 0 spiro atoms. The monoisotopic (exact) mass is 342 g/mol. The Morgan fingerprint density at radius 3 is 2.46 bits per heavy atom. The first-order valence-electron chi connectivity index (χ1n) is 7.68. The fourth-order valence-electron chi connectivity index (χ4n) is 3.08. The van der Waals surface area contributed by atoms with E-state index in [1.807, 2.05) is 26.8 Å². The maximum absolute atomic E-state index is 13.1. The molecule has 0 saturated carbocycles. The first-order chi connectivity index (χ1) is 11.3. The van der Waals surface area contributed by atoms with Crippen molar-refractivity contribution in [2.45, 2.75) is 26.3 Å². The fourth-order valence-corrected chi connectivity index (χ4v) is 3.21. The number of ether oxygens (including phenoxy) is 1. The molecule has 0 unspecified atom stereocenters. The SMILES string of the molecule is COc1ccc2c(n1)C(C)=CC(C)(C)N2C(=O)c1ccc(Cl)cc1. The van der Waals surface area contributed by atoms with Crippen LogP contribution in [0.3, 0.4) is 0 Å². The maximum Gasteiger partial charge on any atom is 0.259 e. The van der Waals surface area contributed by atoms with E-state index in [1.54, 1.807) is 42.3 Å². The van der Waals surface area contributed by atoms with Crippen LogP contribution < -0.4 is 9.64 Å². The summed E-state index contributed by atoms with van der Waals surface area (Å²) in [6.07, 6.45) is 2.05. The van der Waals surface area contributed by atoms with Crippen molar-refractivity contribution in [2.75, 3.05) is 12.0 Å². The van der Waals surface area contributed by atoms with E-state index in [4.69, 9.17) is 16.3 Å². The summed E-state index contributed by atoms with van der Waals surface area (Å²) in [4.78, 5) is 19.4. The quantitative estimate of drug-likeness (QED) is 0.801. The number of hydrogen-bond donors (Lipinski definition) is 0. The number of amides is 1. The standard InChI is InChI=1S/C19H19ClN2O2/c1-12-11-19(2,3)22(15-9-10-16(24-4)21-17(12)15)18(23)13-5-7-14(20)8-6-13/h5-11H,1-4H3. The molecule has 0 fully saturated rings. The molecule has 0 N–H and O–H groups in total. The largest absolute Gasteiger partial charge is 0.481 e. The minimum Gasteiger partial charge on any atom is -0.481 e. The molecule has 0 atom stereocenters. The number of halogens is 1. The van der Waals surface area contributed by atoms with Crippen LogP contribution in [0, 0.1) is 0 Å². The minimum absolute atomic E-state index is 0.0892. The number of aromatic nitrogens is 1. The van der Waals surface area contributed by atoms with Gasteiger partial charge in [0.25, 0.3) is 5.91 Å². The number of allylic oxidation sites excluding steroid dienone is 1. The van der Waals surface area contributed by atoms with Gasteiger partial charge < -0.3 is 4.74 Å². The summed E-state index contributed by atoms with van der Waals surface area (Å²) in [5, 5.41) is 0.604. The van der Waals surface area contributed by atoms with Crippen molar-refractivity contribution in [3.63, 3.8) is 0 Å². The van der Waals surface area contributed by atoms with Crippen molar-refractivity contribution >= 4 is 28.8 Å². The molecule has 0 aliphatic carbocycles. The molecule has 0 saturated heterocycles. The molecule has 1 aliphatic heterocycles. The molecule has 5 heteroatoms. The number of nitrogens with zero attached hydrogens (tertiary/aromatic N) is 2. The molecular formula is C19H19ClN2O2. The van der Waals surface area contributed by atoms with E-state index in [2.05, 4.69) is 11.1 Å². The van der Waals surface area contributed by atoms with E-state index >= 15 is 0 Å². The predicted molar refractivity (Wildman–Crippen MR) is 96.8 cm³/mol. The van der Waals surface area contributed by atoms with E-state index in [9.17, 15) is 4.79 Å². The van der Waals surface area contributed by atoms with Crippen molar-refractivity contribution in [1.29, 1.82) is 0 Å². The molecule has 1 aromatic carbocycles. The van der Waals surface area contributed by atoms with E-state index < -0.39 is 5.54 Å². The molecule has 3 rings (SSSR count). The lowest BCUT2D eigenvalue weighted by atomic mass is 9.90. The summed E-state index contributed by atoms with van der Waals surface area (Å²) in [5.74, 6) is 0.439. The van der Waals surface area contributed by atoms with Crippen LogP contribution in [0.1, 0.15) is 36.8 Å². The van der Waals surface area contributed by atoms with Gasteiger partial charge in [0.05, 0.1) is 24.0 Å². The molecule has 4 nitrogen and oxygen atoms in total. The molecule has 24 heavy (non-hydrogen) atoms. The second-order valence-corrected chi connectivity index (χ2v) is 6.79. The number of pyridine rings is 1. The van der Waals surface area contributed by atoms with Gasteiger partial charge in [-0.25, -0.2) is 4.98 Å². The van der Waals surface area contributed by atoms with Gasteiger partial charge in [-0.15, -0.1) is 0 Å². The Morgan fingerprint density at radius 1 is 1.17 bits per heavy atom. The third kappa shape index (κ3) is 2.78. The Hall–Kier alpha value is -2.33. The Labute approximate surface area is 146 Å². The second kappa shape index (κ2) is 5.95.